The molecule has 0 saturated carbocycles. The number of nitrogens with two attached hydrogens (primary N) is 2. The van der Waals surface area contributed by atoms with Crippen molar-refractivity contribution in [2.75, 3.05) is 18.0 Å². The maximum absolute atomic E-state index is 11.2. The van der Waals surface area contributed by atoms with Gasteiger partial charge < -0.3 is 16.4 Å². The first-order valence-electron chi connectivity index (χ1n) is 6.23. The van der Waals surface area contributed by atoms with Crippen LogP contribution in [0.2, 0.25) is 0 Å². The lowest BCUT2D eigenvalue weighted by atomic mass is 10.1. The van der Waals surface area contributed by atoms with Gasteiger partial charge in [0.05, 0.1) is 11.1 Å². The number of nitro benzene ring substituents is 1. The zero-order valence-corrected chi connectivity index (χ0v) is 10.9. The molecule has 0 aliphatic carbocycles. The summed E-state index contributed by atoms with van der Waals surface area (Å²) >= 11 is 0. The van der Waals surface area contributed by atoms with E-state index in [9.17, 15) is 10.1 Å². The third kappa shape index (κ3) is 3.22. The molecule has 8 nitrogen and oxygen atoms in total. The van der Waals surface area contributed by atoms with Crippen molar-refractivity contribution in [3.8, 4) is 0 Å². The van der Waals surface area contributed by atoms with E-state index in [1.165, 1.54) is 12.3 Å². The Morgan fingerprint density at radius 1 is 1.35 bits per heavy atom. The Kier molecular flexibility index (Phi) is 4.14. The Morgan fingerprint density at radius 2 is 2.05 bits per heavy atom. The van der Waals surface area contributed by atoms with Gasteiger partial charge in [-0.05, 0) is 18.9 Å². The van der Waals surface area contributed by atoms with Crippen molar-refractivity contribution in [1.29, 1.82) is 0 Å². The van der Waals surface area contributed by atoms with E-state index in [-0.39, 0.29) is 16.6 Å². The monoisotopic (exact) mass is 276 g/mol. The number of hydrogen-bond acceptors (Lipinski definition) is 5. The van der Waals surface area contributed by atoms with E-state index in [1.807, 2.05) is 4.90 Å². The van der Waals surface area contributed by atoms with Crippen LogP contribution in [0, 0.1) is 10.1 Å². The molecule has 20 heavy (non-hydrogen) atoms. The summed E-state index contributed by atoms with van der Waals surface area (Å²) in [6, 6.07) is 4.96. The van der Waals surface area contributed by atoms with Gasteiger partial charge in [0.2, 0.25) is 5.96 Å². The maximum Gasteiger partial charge on any atom is 0.293 e. The van der Waals surface area contributed by atoms with Crippen LogP contribution in [-0.4, -0.2) is 30.2 Å². The molecule has 1 heterocycles. The van der Waals surface area contributed by atoms with Gasteiger partial charge in [0, 0.05) is 24.7 Å². The highest BCUT2D eigenvalue weighted by atomic mass is 16.6. The van der Waals surface area contributed by atoms with Crippen molar-refractivity contribution in [3.63, 3.8) is 0 Å². The van der Waals surface area contributed by atoms with Gasteiger partial charge >= 0.3 is 0 Å². The molecule has 1 aromatic carbocycles. The van der Waals surface area contributed by atoms with Gasteiger partial charge in [0.15, 0.2) is 0 Å². The minimum atomic E-state index is -0.383. The first kappa shape index (κ1) is 13.8. The third-order valence-corrected chi connectivity index (χ3v) is 3.02. The van der Waals surface area contributed by atoms with Crippen molar-refractivity contribution in [3.05, 3.63) is 33.9 Å². The van der Waals surface area contributed by atoms with E-state index in [1.54, 1.807) is 12.1 Å². The van der Waals surface area contributed by atoms with E-state index >= 15 is 0 Å². The number of benzene rings is 1. The second kappa shape index (κ2) is 6.00. The Bertz CT molecular complexity index is 559. The van der Waals surface area contributed by atoms with Crippen LogP contribution in [0.25, 0.3) is 0 Å². The topological polar surface area (TPSA) is 123 Å². The van der Waals surface area contributed by atoms with Gasteiger partial charge in [-0.3, -0.25) is 10.1 Å². The standard InChI is InChI=1S/C12H16N6O2/c13-12(14)16-15-8-9-3-4-10(11(7-9)18(19)20)17-5-1-2-6-17/h3-4,7-8H,1-2,5-6H2,(H4,13,14,16)/b15-8-. The van der Waals surface area contributed by atoms with Crippen LogP contribution in [0.4, 0.5) is 11.4 Å². The van der Waals surface area contributed by atoms with Crippen molar-refractivity contribution in [1.82, 2.24) is 0 Å². The summed E-state index contributed by atoms with van der Waals surface area (Å²) in [5.41, 5.74) is 11.6. The fourth-order valence-electron chi connectivity index (χ4n) is 2.15. The van der Waals surface area contributed by atoms with Crippen LogP contribution in [0.15, 0.2) is 28.4 Å². The summed E-state index contributed by atoms with van der Waals surface area (Å²) in [5, 5.41) is 18.3. The SMILES string of the molecule is NC(N)=N/N=C\c1ccc(N2CCCC2)c([N+](=O)[O-])c1. The number of guanidine groups is 1. The van der Waals surface area contributed by atoms with Gasteiger partial charge in [-0.2, -0.15) is 5.10 Å². The molecule has 1 aliphatic rings. The lowest BCUT2D eigenvalue weighted by molar-refractivity contribution is -0.384. The highest BCUT2D eigenvalue weighted by Gasteiger charge is 2.22. The molecular weight excluding hydrogens is 260 g/mol. The molecule has 0 unspecified atom stereocenters. The Balaban J connectivity index is 2.30. The number of rotatable bonds is 4. The van der Waals surface area contributed by atoms with Crippen molar-refractivity contribution in [2.24, 2.45) is 21.7 Å². The Labute approximate surface area is 115 Å². The Morgan fingerprint density at radius 3 is 2.65 bits per heavy atom. The molecular formula is C12H16N6O2. The fourth-order valence-corrected chi connectivity index (χ4v) is 2.15. The maximum atomic E-state index is 11.2. The van der Waals surface area contributed by atoms with Gasteiger partial charge in [-0.1, -0.05) is 6.07 Å². The average molecular weight is 276 g/mol. The van der Waals surface area contributed by atoms with E-state index in [2.05, 4.69) is 10.2 Å². The molecule has 106 valence electrons. The minimum absolute atomic E-state index is 0.0700. The van der Waals surface area contributed by atoms with Crippen LogP contribution >= 0.6 is 0 Å². The summed E-state index contributed by atoms with van der Waals surface area (Å²) in [5.74, 6) is -0.163. The van der Waals surface area contributed by atoms with Gasteiger partial charge in [0.1, 0.15) is 5.69 Å². The second-order valence-electron chi connectivity index (χ2n) is 4.47. The molecule has 0 spiro atoms. The molecule has 0 aromatic heterocycles. The van der Waals surface area contributed by atoms with E-state index < -0.39 is 0 Å². The summed E-state index contributed by atoms with van der Waals surface area (Å²) in [7, 11) is 0. The first-order chi connectivity index (χ1) is 9.58. The quantitative estimate of drug-likeness (QED) is 0.364. The normalized spacial score (nSPS) is 14.7. The zero-order valence-electron chi connectivity index (χ0n) is 10.9. The Hall–Kier alpha value is -2.64. The molecule has 8 heteroatoms. The van der Waals surface area contributed by atoms with Crippen LogP contribution in [0.1, 0.15) is 18.4 Å². The van der Waals surface area contributed by atoms with Crippen LogP contribution in [-0.2, 0) is 0 Å². The second-order valence-corrected chi connectivity index (χ2v) is 4.47. The molecule has 4 N–H and O–H groups in total. The molecule has 1 fully saturated rings. The van der Waals surface area contributed by atoms with Gasteiger partial charge in [-0.15, -0.1) is 5.10 Å². The fraction of sp³-hybridized carbons (Fsp3) is 0.333. The molecule has 2 rings (SSSR count). The van der Waals surface area contributed by atoms with Crippen LogP contribution in [0.5, 0.6) is 0 Å². The van der Waals surface area contributed by atoms with Gasteiger partial charge in [-0.25, -0.2) is 0 Å². The van der Waals surface area contributed by atoms with Crippen LogP contribution < -0.4 is 16.4 Å². The van der Waals surface area contributed by atoms with E-state index in [4.69, 9.17) is 11.5 Å². The lowest BCUT2D eigenvalue weighted by Gasteiger charge is -2.17. The lowest BCUT2D eigenvalue weighted by Crippen LogP contribution is -2.21. The number of nitrogens with zero attached hydrogens (tertiary/aromatic N) is 4. The zero-order chi connectivity index (χ0) is 14.5. The summed E-state index contributed by atoms with van der Waals surface area (Å²) in [6.07, 6.45) is 3.50. The first-order valence-corrected chi connectivity index (χ1v) is 6.23. The molecule has 1 aliphatic heterocycles. The van der Waals surface area contributed by atoms with Crippen molar-refractivity contribution in [2.45, 2.75) is 12.8 Å². The molecule has 0 amide bonds. The van der Waals surface area contributed by atoms with Crippen molar-refractivity contribution < 1.29 is 4.92 Å². The summed E-state index contributed by atoms with van der Waals surface area (Å²) in [6.45, 7) is 1.70. The third-order valence-electron chi connectivity index (χ3n) is 3.02. The number of nitro groups is 1. The van der Waals surface area contributed by atoms with Crippen LogP contribution in [0.3, 0.4) is 0 Å². The molecule has 0 atom stereocenters. The van der Waals surface area contributed by atoms with Gasteiger partial charge in [0.25, 0.3) is 5.69 Å². The minimum Gasteiger partial charge on any atom is -0.369 e. The highest BCUT2D eigenvalue weighted by molar-refractivity contribution is 5.84. The average Bonchev–Trinajstić information content (AvgIpc) is 2.92. The van der Waals surface area contributed by atoms with E-state index in [0.29, 0.717) is 11.3 Å². The predicted octanol–water partition coefficient (Wildman–Crippen LogP) is 0.802. The molecule has 1 saturated heterocycles. The molecule has 1 aromatic rings. The predicted molar refractivity (Wildman–Crippen MR) is 77.9 cm³/mol. The number of hydrogen-bond donors (Lipinski definition) is 2. The van der Waals surface area contributed by atoms with Crippen molar-refractivity contribution >= 4 is 23.5 Å². The molecule has 0 radical (unpaired) electrons. The highest BCUT2D eigenvalue weighted by Crippen LogP contribution is 2.31. The van der Waals surface area contributed by atoms with E-state index in [0.717, 1.165) is 25.9 Å². The molecule has 0 bridgehead atoms. The smallest absolute Gasteiger partial charge is 0.293 e. The number of anilines is 1. The summed E-state index contributed by atoms with van der Waals surface area (Å²) < 4.78 is 0. The largest absolute Gasteiger partial charge is 0.369 e. The summed E-state index contributed by atoms with van der Waals surface area (Å²) in [4.78, 5) is 12.8.